The van der Waals surface area contributed by atoms with E-state index < -0.39 is 6.10 Å². The highest BCUT2D eigenvalue weighted by atomic mass is 16.3. The van der Waals surface area contributed by atoms with E-state index in [-0.39, 0.29) is 6.04 Å². The zero-order valence-electron chi connectivity index (χ0n) is 7.83. The lowest BCUT2D eigenvalue weighted by Crippen LogP contribution is -2.25. The summed E-state index contributed by atoms with van der Waals surface area (Å²) in [4.78, 5) is 8.20. The molecule has 0 radical (unpaired) electrons. The number of aliphatic hydroxyl groups is 1. The van der Waals surface area contributed by atoms with E-state index in [0.717, 1.165) is 0 Å². The Balaban J connectivity index is 2.43. The van der Waals surface area contributed by atoms with E-state index >= 15 is 0 Å². The van der Waals surface area contributed by atoms with Crippen molar-refractivity contribution in [2.24, 2.45) is 5.73 Å². The van der Waals surface area contributed by atoms with Gasteiger partial charge in [0, 0.05) is 24.6 Å². The number of fused-ring (bicyclic) bond motifs is 1. The molecule has 5 nitrogen and oxygen atoms in total. The summed E-state index contributed by atoms with van der Waals surface area (Å²) in [6.45, 7) is 1.74. The average molecular weight is 192 g/mol. The SMILES string of the molecule is CC(N)C(O)c1ccn2ccnc2n1. The van der Waals surface area contributed by atoms with Gasteiger partial charge in [-0.1, -0.05) is 0 Å². The van der Waals surface area contributed by atoms with E-state index in [2.05, 4.69) is 9.97 Å². The number of hydrogen-bond donors (Lipinski definition) is 2. The molecule has 14 heavy (non-hydrogen) atoms. The Labute approximate surface area is 81.2 Å². The Morgan fingerprint density at radius 3 is 3.00 bits per heavy atom. The highest BCUT2D eigenvalue weighted by molar-refractivity contribution is 5.29. The molecule has 74 valence electrons. The van der Waals surface area contributed by atoms with Crippen molar-refractivity contribution in [2.45, 2.75) is 19.1 Å². The second kappa shape index (κ2) is 3.36. The molecule has 0 aliphatic heterocycles. The third-order valence-corrected chi connectivity index (χ3v) is 2.08. The van der Waals surface area contributed by atoms with Gasteiger partial charge in [0.15, 0.2) is 0 Å². The largest absolute Gasteiger partial charge is 0.385 e. The quantitative estimate of drug-likeness (QED) is 0.708. The van der Waals surface area contributed by atoms with Crippen LogP contribution in [0, 0.1) is 0 Å². The van der Waals surface area contributed by atoms with Crippen molar-refractivity contribution in [3.8, 4) is 0 Å². The Bertz CT molecular complexity index is 437. The zero-order valence-corrected chi connectivity index (χ0v) is 7.83. The van der Waals surface area contributed by atoms with E-state index in [0.29, 0.717) is 11.5 Å². The molecule has 0 aliphatic carbocycles. The number of rotatable bonds is 2. The van der Waals surface area contributed by atoms with Gasteiger partial charge >= 0.3 is 0 Å². The van der Waals surface area contributed by atoms with Crippen LogP contribution in [0.3, 0.4) is 0 Å². The summed E-state index contributed by atoms with van der Waals surface area (Å²) in [7, 11) is 0. The number of nitrogens with two attached hydrogens (primary N) is 1. The van der Waals surface area contributed by atoms with Gasteiger partial charge in [-0.2, -0.15) is 0 Å². The summed E-state index contributed by atoms with van der Waals surface area (Å²) in [6, 6.07) is 1.41. The Morgan fingerprint density at radius 2 is 2.29 bits per heavy atom. The molecule has 2 aromatic rings. The predicted octanol–water partition coefficient (Wildman–Crippen LogP) is 0.110. The lowest BCUT2D eigenvalue weighted by molar-refractivity contribution is 0.149. The summed E-state index contributed by atoms with van der Waals surface area (Å²) >= 11 is 0. The van der Waals surface area contributed by atoms with Crippen LogP contribution in [0.2, 0.25) is 0 Å². The molecule has 2 heterocycles. The number of nitrogens with zero attached hydrogens (tertiary/aromatic N) is 3. The van der Waals surface area contributed by atoms with Crippen molar-refractivity contribution in [3.05, 3.63) is 30.4 Å². The molecule has 3 N–H and O–H groups in total. The van der Waals surface area contributed by atoms with Gasteiger partial charge in [0.1, 0.15) is 6.10 Å². The molecule has 2 aromatic heterocycles. The molecule has 2 rings (SSSR count). The van der Waals surface area contributed by atoms with Crippen LogP contribution in [0.25, 0.3) is 5.78 Å². The minimum atomic E-state index is -0.739. The predicted molar refractivity (Wildman–Crippen MR) is 51.6 cm³/mol. The Kier molecular flexibility index (Phi) is 2.18. The van der Waals surface area contributed by atoms with E-state index in [4.69, 9.17) is 5.73 Å². The van der Waals surface area contributed by atoms with Gasteiger partial charge in [-0.05, 0) is 13.0 Å². The van der Waals surface area contributed by atoms with E-state index in [9.17, 15) is 5.11 Å². The van der Waals surface area contributed by atoms with E-state index in [1.807, 2.05) is 0 Å². The summed E-state index contributed by atoms with van der Waals surface area (Å²) in [5.41, 5.74) is 6.12. The number of imidazole rings is 1. The van der Waals surface area contributed by atoms with Crippen LogP contribution < -0.4 is 5.73 Å². The van der Waals surface area contributed by atoms with Crippen LogP contribution in [0.4, 0.5) is 0 Å². The maximum Gasteiger partial charge on any atom is 0.233 e. The molecule has 0 saturated heterocycles. The monoisotopic (exact) mass is 192 g/mol. The second-order valence-corrected chi connectivity index (χ2v) is 3.29. The fourth-order valence-corrected chi connectivity index (χ4v) is 1.25. The molecule has 0 spiro atoms. The van der Waals surface area contributed by atoms with Crippen LogP contribution in [-0.2, 0) is 0 Å². The highest BCUT2D eigenvalue weighted by Crippen LogP contribution is 2.13. The van der Waals surface area contributed by atoms with Crippen LogP contribution in [0.5, 0.6) is 0 Å². The Hall–Kier alpha value is -1.46. The number of aliphatic hydroxyl groups excluding tert-OH is 1. The van der Waals surface area contributed by atoms with Crippen molar-refractivity contribution in [2.75, 3.05) is 0 Å². The lowest BCUT2D eigenvalue weighted by atomic mass is 10.1. The van der Waals surface area contributed by atoms with Crippen molar-refractivity contribution < 1.29 is 5.11 Å². The molecule has 0 saturated carbocycles. The third-order valence-electron chi connectivity index (χ3n) is 2.08. The third kappa shape index (κ3) is 1.47. The molecule has 2 unspecified atom stereocenters. The lowest BCUT2D eigenvalue weighted by Gasteiger charge is -2.13. The van der Waals surface area contributed by atoms with Gasteiger partial charge in [-0.3, -0.25) is 4.40 Å². The molecule has 0 aromatic carbocycles. The molecule has 0 amide bonds. The average Bonchev–Trinajstić information content (AvgIpc) is 2.62. The van der Waals surface area contributed by atoms with Gasteiger partial charge in [0.25, 0.3) is 0 Å². The van der Waals surface area contributed by atoms with Gasteiger partial charge < -0.3 is 10.8 Å². The molecule has 0 bridgehead atoms. The van der Waals surface area contributed by atoms with Gasteiger partial charge in [-0.15, -0.1) is 0 Å². The first-order chi connectivity index (χ1) is 6.68. The second-order valence-electron chi connectivity index (χ2n) is 3.29. The fraction of sp³-hybridized carbons (Fsp3) is 0.333. The standard InChI is InChI=1S/C9H12N4O/c1-6(10)8(14)7-2-4-13-5-3-11-9(13)12-7/h2-6,8,14H,10H2,1H3. The summed E-state index contributed by atoms with van der Waals surface area (Å²) < 4.78 is 1.78. The number of hydrogen-bond acceptors (Lipinski definition) is 4. The maximum absolute atomic E-state index is 9.67. The molecule has 5 heteroatoms. The first-order valence-corrected chi connectivity index (χ1v) is 4.42. The summed E-state index contributed by atoms with van der Waals surface area (Å²) in [6.07, 6.45) is 4.52. The van der Waals surface area contributed by atoms with Crippen LogP contribution >= 0.6 is 0 Å². The molecule has 2 atom stereocenters. The first kappa shape index (κ1) is 9.11. The molecular weight excluding hydrogens is 180 g/mol. The Morgan fingerprint density at radius 1 is 1.50 bits per heavy atom. The van der Waals surface area contributed by atoms with Crippen molar-refractivity contribution >= 4 is 5.78 Å². The summed E-state index contributed by atoms with van der Waals surface area (Å²) in [5, 5.41) is 9.67. The van der Waals surface area contributed by atoms with Crippen molar-refractivity contribution in [1.82, 2.24) is 14.4 Å². The van der Waals surface area contributed by atoms with Crippen LogP contribution in [0.1, 0.15) is 18.7 Å². The molecular formula is C9H12N4O. The number of aromatic nitrogens is 3. The summed E-state index contributed by atoms with van der Waals surface area (Å²) in [5.74, 6) is 0.571. The smallest absolute Gasteiger partial charge is 0.233 e. The van der Waals surface area contributed by atoms with Crippen LogP contribution in [0.15, 0.2) is 24.7 Å². The fourth-order valence-electron chi connectivity index (χ4n) is 1.25. The molecule has 0 aliphatic rings. The highest BCUT2D eigenvalue weighted by Gasteiger charge is 2.14. The van der Waals surface area contributed by atoms with Crippen molar-refractivity contribution in [3.63, 3.8) is 0 Å². The van der Waals surface area contributed by atoms with Gasteiger partial charge in [0.05, 0.1) is 5.69 Å². The first-order valence-electron chi connectivity index (χ1n) is 4.42. The maximum atomic E-state index is 9.67. The van der Waals surface area contributed by atoms with E-state index in [1.165, 1.54) is 0 Å². The zero-order chi connectivity index (χ0) is 10.1. The van der Waals surface area contributed by atoms with Crippen LogP contribution in [-0.4, -0.2) is 25.5 Å². The van der Waals surface area contributed by atoms with Gasteiger partial charge in [0.2, 0.25) is 5.78 Å². The van der Waals surface area contributed by atoms with Crippen molar-refractivity contribution in [1.29, 1.82) is 0 Å². The minimum Gasteiger partial charge on any atom is -0.385 e. The topological polar surface area (TPSA) is 76.4 Å². The van der Waals surface area contributed by atoms with E-state index in [1.54, 1.807) is 36.0 Å². The molecule has 0 fully saturated rings. The van der Waals surface area contributed by atoms with Gasteiger partial charge in [-0.25, -0.2) is 9.97 Å². The minimum absolute atomic E-state index is 0.333. The normalized spacial score (nSPS) is 15.6.